The quantitative estimate of drug-likeness (QED) is 0.200. The average molecular weight is 353 g/mol. The predicted molar refractivity (Wildman–Crippen MR) is 56.5 cm³/mol. The van der Waals surface area contributed by atoms with Gasteiger partial charge in [-0.1, -0.05) is 19.3 Å². The van der Waals surface area contributed by atoms with Gasteiger partial charge in [-0.05, 0) is 12.8 Å². The van der Waals surface area contributed by atoms with E-state index in [1.165, 1.54) is 0 Å². The van der Waals surface area contributed by atoms with Crippen molar-refractivity contribution in [3.05, 3.63) is 0 Å². The first kappa shape index (κ1) is 23.7. The van der Waals surface area contributed by atoms with Crippen LogP contribution in [0.1, 0.15) is 32.1 Å². The van der Waals surface area contributed by atoms with Crippen LogP contribution in [0.2, 0.25) is 0 Å². The van der Waals surface area contributed by atoms with Gasteiger partial charge < -0.3 is 4.55 Å². The number of rotatable bonds is 8. The van der Waals surface area contributed by atoms with Gasteiger partial charge in [-0.25, -0.2) is 8.42 Å². The Morgan fingerprint density at radius 1 is 0.810 bits per heavy atom. The third-order valence-corrected chi connectivity index (χ3v) is 3.18. The minimum absolute atomic E-state index is 0. The van der Waals surface area contributed by atoms with Crippen LogP contribution >= 0.6 is 0 Å². The van der Waals surface area contributed by atoms with Crippen LogP contribution in [0.25, 0.3) is 0 Å². The molecule has 0 heterocycles. The molecule has 0 N–H and O–H groups in total. The van der Waals surface area contributed by atoms with E-state index in [-0.39, 0.29) is 61.7 Å². The molecule has 122 valence electrons. The molecule has 0 atom stereocenters. The first-order valence-corrected chi connectivity index (χ1v) is 7.26. The zero-order valence-electron chi connectivity index (χ0n) is 11.3. The smallest absolute Gasteiger partial charge is 0.748 e. The van der Waals surface area contributed by atoms with Crippen LogP contribution in [0.4, 0.5) is 26.3 Å². The van der Waals surface area contributed by atoms with Gasteiger partial charge in [0, 0.05) is 12.3 Å². The van der Waals surface area contributed by atoms with Crippen molar-refractivity contribution in [2.45, 2.75) is 44.7 Å². The molecule has 0 unspecified atom stereocenters. The summed E-state index contributed by atoms with van der Waals surface area (Å²) in [5.41, 5.74) is 0. The molecule has 0 aromatic carbocycles. The van der Waals surface area contributed by atoms with Gasteiger partial charge in [-0.3, -0.25) is 0 Å². The van der Waals surface area contributed by atoms with E-state index in [2.05, 4.69) is 0 Å². The van der Waals surface area contributed by atoms with Gasteiger partial charge in [0.05, 0.1) is 10.1 Å². The van der Waals surface area contributed by atoms with Crippen LogP contribution in [0.15, 0.2) is 0 Å². The molecule has 0 saturated carbocycles. The van der Waals surface area contributed by atoms with Crippen LogP contribution in [0.5, 0.6) is 0 Å². The molecule has 21 heavy (non-hydrogen) atoms. The van der Waals surface area contributed by atoms with E-state index >= 15 is 0 Å². The minimum Gasteiger partial charge on any atom is -0.748 e. The summed E-state index contributed by atoms with van der Waals surface area (Å²) in [6.07, 6.45) is -10.6. The normalized spacial score (nSPS) is 13.3. The number of unbranched alkanes of at least 4 members (excludes halogenated alkanes) is 4. The minimum atomic E-state index is -5.48. The summed E-state index contributed by atoms with van der Waals surface area (Å²) in [5, 5.41) is 0. The number of alkyl halides is 6. The molecule has 0 amide bonds. The molecule has 4 nitrogen and oxygen atoms in total. The van der Waals surface area contributed by atoms with Crippen molar-refractivity contribution in [2.75, 3.05) is 12.3 Å². The fraction of sp³-hybridized carbons (Fsp3) is 1.00. The Morgan fingerprint density at radius 3 is 1.57 bits per heavy atom. The van der Waals surface area contributed by atoms with Gasteiger partial charge in [0.15, 0.2) is 0 Å². The maximum Gasteiger partial charge on any atom is 1.00 e. The summed E-state index contributed by atoms with van der Waals surface area (Å²) < 4.78 is 103. The van der Waals surface area contributed by atoms with Gasteiger partial charge in [0.1, 0.15) is 0 Å². The Morgan fingerprint density at radius 2 is 1.19 bits per heavy atom. The Hall–Kier alpha value is 0.450. The van der Waals surface area contributed by atoms with Crippen molar-refractivity contribution >= 4 is 10.1 Å². The van der Waals surface area contributed by atoms with Crippen LogP contribution in [0, 0.1) is 0 Å². The van der Waals surface area contributed by atoms with Gasteiger partial charge in [-0.2, -0.15) is 26.3 Å². The fourth-order valence-corrected chi connectivity index (χ4v) is 2.03. The molecule has 0 saturated heterocycles. The number of hydrogen-bond donors (Lipinski definition) is 0. The van der Waals surface area contributed by atoms with Crippen molar-refractivity contribution in [3.63, 3.8) is 0 Å². The summed E-state index contributed by atoms with van der Waals surface area (Å²) in [4.78, 5) is -1.50. The van der Waals surface area contributed by atoms with Crippen molar-refractivity contribution < 1.29 is 68.9 Å². The second kappa shape index (κ2) is 9.56. The second-order valence-electron chi connectivity index (χ2n) is 4.12. The van der Waals surface area contributed by atoms with Crippen molar-refractivity contribution in [2.24, 2.45) is 0 Å². The topological polar surface area (TPSA) is 60.4 Å². The standard InChI is InChI=1S/C9H15F6NO3S.Na/c10-8(11,12)16(9(13,14)15)6-4-2-1-3-5-7-20(17,18)19;/h1-7H2,(H,17,18,19);/q;+1/p-1. The van der Waals surface area contributed by atoms with Crippen LogP contribution in [-0.4, -0.2) is 42.8 Å². The van der Waals surface area contributed by atoms with E-state index in [1.54, 1.807) is 0 Å². The molecule has 0 radical (unpaired) electrons. The van der Waals surface area contributed by atoms with Gasteiger partial charge in [0.25, 0.3) is 0 Å². The Kier molecular flexibility index (Phi) is 10.8. The summed E-state index contributed by atoms with van der Waals surface area (Å²) >= 11 is 0. The summed E-state index contributed by atoms with van der Waals surface area (Å²) in [6, 6.07) is 0. The molecular formula is C9H14F6NNaO3S. The summed E-state index contributed by atoms with van der Waals surface area (Å²) in [6.45, 7) is -1.20. The maximum atomic E-state index is 12.1. The van der Waals surface area contributed by atoms with E-state index in [0.29, 0.717) is 0 Å². The molecule has 0 rings (SSSR count). The van der Waals surface area contributed by atoms with Crippen molar-refractivity contribution in [3.8, 4) is 0 Å². The zero-order valence-corrected chi connectivity index (χ0v) is 14.1. The average Bonchev–Trinajstić information content (AvgIpc) is 2.16. The number of nitrogens with zero attached hydrogens (tertiary/aromatic N) is 1. The van der Waals surface area contributed by atoms with Crippen LogP contribution in [-0.2, 0) is 10.1 Å². The van der Waals surface area contributed by atoms with Crippen molar-refractivity contribution in [1.82, 2.24) is 4.90 Å². The fourth-order valence-electron chi connectivity index (χ4n) is 1.48. The molecule has 0 aliphatic rings. The second-order valence-corrected chi connectivity index (χ2v) is 5.64. The Balaban J connectivity index is 0. The van der Waals surface area contributed by atoms with E-state index in [9.17, 15) is 39.3 Å². The molecule has 0 aromatic heterocycles. The predicted octanol–water partition coefficient (Wildman–Crippen LogP) is -0.172. The summed E-state index contributed by atoms with van der Waals surface area (Å²) in [5.74, 6) is -0.579. The monoisotopic (exact) mass is 353 g/mol. The van der Waals surface area contributed by atoms with E-state index < -0.39 is 39.9 Å². The van der Waals surface area contributed by atoms with Gasteiger partial charge in [-0.15, -0.1) is 4.90 Å². The first-order valence-electron chi connectivity index (χ1n) is 5.69. The number of hydrogen-bond acceptors (Lipinski definition) is 4. The molecule has 0 aliphatic carbocycles. The third kappa shape index (κ3) is 12.7. The van der Waals surface area contributed by atoms with Crippen molar-refractivity contribution in [1.29, 1.82) is 0 Å². The molecule has 0 aromatic rings. The molecular weight excluding hydrogens is 339 g/mol. The molecule has 0 bridgehead atoms. The largest absolute Gasteiger partial charge is 1.00 e. The SMILES string of the molecule is O=S(=O)([O-])CCCCCCCN(C(F)(F)F)C(F)(F)F.[Na+]. The van der Waals surface area contributed by atoms with Crippen LogP contribution in [0.3, 0.4) is 0 Å². The van der Waals surface area contributed by atoms with Crippen LogP contribution < -0.4 is 29.6 Å². The Bertz CT molecular complexity index is 370. The first-order chi connectivity index (χ1) is 8.84. The van der Waals surface area contributed by atoms with E-state index in [0.717, 1.165) is 0 Å². The Labute approximate surface area is 140 Å². The molecule has 12 heteroatoms. The molecule has 0 fully saturated rings. The summed E-state index contributed by atoms with van der Waals surface area (Å²) in [7, 11) is -4.32. The van der Waals surface area contributed by atoms with Gasteiger partial charge >= 0.3 is 42.2 Å². The van der Waals surface area contributed by atoms with E-state index in [4.69, 9.17) is 0 Å². The zero-order chi connectivity index (χ0) is 16.0. The number of halogens is 6. The molecule has 0 spiro atoms. The van der Waals surface area contributed by atoms with E-state index in [1.807, 2.05) is 0 Å². The third-order valence-electron chi connectivity index (χ3n) is 2.39. The van der Waals surface area contributed by atoms with Gasteiger partial charge in [0.2, 0.25) is 0 Å². The molecule has 0 aliphatic heterocycles. The maximum absolute atomic E-state index is 12.1.